The SMILES string of the molecule is O=C([O-])c1cnc2c(Cl)c(OC(F)F)c(F)cc2c1. The van der Waals surface area contributed by atoms with Crippen molar-refractivity contribution in [1.29, 1.82) is 0 Å². The lowest BCUT2D eigenvalue weighted by atomic mass is 10.1. The maximum Gasteiger partial charge on any atom is 0.387 e. The Kier molecular flexibility index (Phi) is 3.48. The zero-order valence-corrected chi connectivity index (χ0v) is 9.75. The van der Waals surface area contributed by atoms with Gasteiger partial charge in [0.15, 0.2) is 11.6 Å². The van der Waals surface area contributed by atoms with Gasteiger partial charge in [0.1, 0.15) is 5.02 Å². The Morgan fingerprint density at radius 1 is 1.42 bits per heavy atom. The first-order valence-electron chi connectivity index (χ1n) is 4.84. The summed E-state index contributed by atoms with van der Waals surface area (Å²) in [4.78, 5) is 14.3. The van der Waals surface area contributed by atoms with Crippen LogP contribution in [0.2, 0.25) is 5.02 Å². The Balaban J connectivity index is 2.65. The van der Waals surface area contributed by atoms with E-state index in [1.54, 1.807) is 0 Å². The van der Waals surface area contributed by atoms with Gasteiger partial charge >= 0.3 is 6.61 Å². The molecule has 0 aliphatic carbocycles. The number of carbonyl (C=O) groups is 1. The number of rotatable bonds is 3. The molecule has 0 unspecified atom stereocenters. The van der Waals surface area contributed by atoms with Gasteiger partial charge in [0.25, 0.3) is 0 Å². The van der Waals surface area contributed by atoms with Crippen LogP contribution in [0.25, 0.3) is 10.9 Å². The molecule has 2 aromatic rings. The van der Waals surface area contributed by atoms with Gasteiger partial charge < -0.3 is 14.6 Å². The van der Waals surface area contributed by atoms with Crippen LogP contribution in [0.15, 0.2) is 18.3 Å². The van der Waals surface area contributed by atoms with Gasteiger partial charge in [-0.3, -0.25) is 4.98 Å². The Labute approximate surface area is 109 Å². The second kappa shape index (κ2) is 4.93. The minimum absolute atomic E-state index is 0.0332. The molecule has 1 heterocycles. The molecule has 0 fully saturated rings. The molecule has 4 nitrogen and oxygen atoms in total. The minimum Gasteiger partial charge on any atom is -0.545 e. The Hall–Kier alpha value is -2.02. The van der Waals surface area contributed by atoms with Crippen molar-refractivity contribution in [2.75, 3.05) is 0 Å². The van der Waals surface area contributed by atoms with Crippen LogP contribution in [0, 0.1) is 5.82 Å². The summed E-state index contributed by atoms with van der Waals surface area (Å²) in [5.74, 6) is -3.48. The van der Waals surface area contributed by atoms with Gasteiger partial charge in [-0.1, -0.05) is 11.6 Å². The number of ether oxygens (including phenoxy) is 1. The van der Waals surface area contributed by atoms with E-state index in [-0.39, 0.29) is 16.5 Å². The predicted octanol–water partition coefficient (Wildman–Crippen LogP) is 1.99. The number of nitrogens with zero attached hydrogens (tertiary/aromatic N) is 1. The van der Waals surface area contributed by atoms with E-state index in [9.17, 15) is 23.1 Å². The molecule has 1 aromatic heterocycles. The Bertz CT molecular complexity index is 663. The van der Waals surface area contributed by atoms with Gasteiger partial charge in [0.05, 0.1) is 11.5 Å². The molecule has 0 amide bonds. The number of carboxylic acids is 1. The number of fused-ring (bicyclic) bond motifs is 1. The normalized spacial score (nSPS) is 11.0. The predicted molar refractivity (Wildman–Crippen MR) is 57.7 cm³/mol. The molecule has 8 heteroatoms. The Morgan fingerprint density at radius 3 is 2.68 bits per heavy atom. The fourth-order valence-corrected chi connectivity index (χ4v) is 1.79. The highest BCUT2D eigenvalue weighted by Crippen LogP contribution is 2.35. The average Bonchev–Trinajstić information content (AvgIpc) is 2.33. The zero-order chi connectivity index (χ0) is 14.2. The van der Waals surface area contributed by atoms with Crippen molar-refractivity contribution in [3.63, 3.8) is 0 Å². The lowest BCUT2D eigenvalue weighted by Gasteiger charge is -2.11. The summed E-state index contributed by atoms with van der Waals surface area (Å²) < 4.78 is 41.7. The highest BCUT2D eigenvalue weighted by Gasteiger charge is 2.18. The molecule has 100 valence electrons. The summed E-state index contributed by atoms with van der Waals surface area (Å²) in [7, 11) is 0. The molecule has 19 heavy (non-hydrogen) atoms. The van der Waals surface area contributed by atoms with E-state index in [0.717, 1.165) is 18.3 Å². The first-order valence-corrected chi connectivity index (χ1v) is 5.22. The van der Waals surface area contributed by atoms with Crippen LogP contribution in [0.4, 0.5) is 13.2 Å². The first-order chi connectivity index (χ1) is 8.90. The number of hydrogen-bond acceptors (Lipinski definition) is 4. The van der Waals surface area contributed by atoms with Crippen molar-refractivity contribution < 1.29 is 27.8 Å². The quantitative estimate of drug-likeness (QED) is 0.867. The van der Waals surface area contributed by atoms with E-state index in [4.69, 9.17) is 11.6 Å². The van der Waals surface area contributed by atoms with Gasteiger partial charge in [-0.15, -0.1) is 0 Å². The molecular weight excluding hydrogens is 287 g/mol. The number of carbonyl (C=O) groups excluding carboxylic acids is 1. The second-order valence-corrected chi connectivity index (χ2v) is 3.84. The summed E-state index contributed by atoms with van der Waals surface area (Å²) in [6.07, 6.45) is 0.924. The number of hydrogen-bond donors (Lipinski definition) is 0. The van der Waals surface area contributed by atoms with Crippen LogP contribution in [0.1, 0.15) is 10.4 Å². The molecule has 0 aliphatic rings. The van der Waals surface area contributed by atoms with Crippen molar-refractivity contribution in [2.24, 2.45) is 0 Å². The molecule has 2 rings (SSSR count). The van der Waals surface area contributed by atoms with E-state index in [2.05, 4.69) is 9.72 Å². The van der Waals surface area contributed by atoms with E-state index >= 15 is 0 Å². The molecule has 0 saturated heterocycles. The molecule has 0 saturated carbocycles. The number of benzene rings is 1. The maximum absolute atomic E-state index is 13.5. The number of pyridine rings is 1. The summed E-state index contributed by atoms with van der Waals surface area (Å²) in [5, 5.41) is 10.2. The molecular formula is C11H4ClF3NO3-. The average molecular weight is 291 g/mol. The van der Waals surface area contributed by atoms with Crippen LogP contribution in [0.3, 0.4) is 0 Å². The summed E-state index contributed by atoms with van der Waals surface area (Å²) in [6.45, 7) is -3.24. The third-order valence-corrected chi connectivity index (χ3v) is 2.62. The van der Waals surface area contributed by atoms with Crippen LogP contribution in [-0.4, -0.2) is 17.6 Å². The van der Waals surface area contributed by atoms with Crippen LogP contribution < -0.4 is 9.84 Å². The molecule has 0 radical (unpaired) electrons. The first kappa shape index (κ1) is 13.4. The molecule has 0 N–H and O–H groups in total. The molecule has 0 atom stereocenters. The Morgan fingerprint density at radius 2 is 2.11 bits per heavy atom. The monoisotopic (exact) mass is 290 g/mol. The van der Waals surface area contributed by atoms with Crippen LogP contribution >= 0.6 is 11.6 Å². The summed E-state index contributed by atoms with van der Waals surface area (Å²) in [5.41, 5.74) is -0.339. The molecule has 0 aliphatic heterocycles. The maximum atomic E-state index is 13.5. The van der Waals surface area contributed by atoms with E-state index in [0.29, 0.717) is 0 Å². The number of aromatic nitrogens is 1. The molecule has 0 spiro atoms. The molecule has 0 bridgehead atoms. The van der Waals surface area contributed by atoms with E-state index < -0.39 is 29.2 Å². The van der Waals surface area contributed by atoms with Crippen molar-refractivity contribution in [1.82, 2.24) is 4.98 Å². The van der Waals surface area contributed by atoms with E-state index in [1.165, 1.54) is 0 Å². The zero-order valence-electron chi connectivity index (χ0n) is 8.99. The smallest absolute Gasteiger partial charge is 0.387 e. The number of carboxylic acid groups (broad SMARTS) is 1. The van der Waals surface area contributed by atoms with Gasteiger partial charge in [0, 0.05) is 17.1 Å². The standard InChI is InChI=1S/C11H5ClF3NO3/c12-7-8-4(1-5(3-16-8)10(17)18)2-6(13)9(7)19-11(14)15/h1-3,11H,(H,17,18)/p-1. The van der Waals surface area contributed by atoms with Crippen molar-refractivity contribution in [2.45, 2.75) is 6.61 Å². The van der Waals surface area contributed by atoms with Crippen molar-refractivity contribution in [3.8, 4) is 5.75 Å². The van der Waals surface area contributed by atoms with Gasteiger partial charge in [-0.25, -0.2) is 4.39 Å². The number of aromatic carboxylic acids is 1. The number of halogens is 4. The highest BCUT2D eigenvalue weighted by molar-refractivity contribution is 6.36. The van der Waals surface area contributed by atoms with Gasteiger partial charge in [0.2, 0.25) is 0 Å². The fourth-order valence-electron chi connectivity index (χ4n) is 1.50. The second-order valence-electron chi connectivity index (χ2n) is 3.46. The third-order valence-electron chi connectivity index (χ3n) is 2.27. The van der Waals surface area contributed by atoms with Crippen LogP contribution in [-0.2, 0) is 0 Å². The minimum atomic E-state index is -3.24. The summed E-state index contributed by atoms with van der Waals surface area (Å²) >= 11 is 5.70. The van der Waals surface area contributed by atoms with Crippen molar-refractivity contribution in [3.05, 3.63) is 34.7 Å². The third kappa shape index (κ3) is 2.55. The fraction of sp³-hybridized carbons (Fsp3) is 0.0909. The number of alkyl halides is 2. The summed E-state index contributed by atoms with van der Waals surface area (Å²) in [6, 6.07) is 1.87. The van der Waals surface area contributed by atoms with Crippen molar-refractivity contribution >= 4 is 28.5 Å². The van der Waals surface area contributed by atoms with Crippen LogP contribution in [0.5, 0.6) is 5.75 Å². The highest BCUT2D eigenvalue weighted by atomic mass is 35.5. The lowest BCUT2D eigenvalue weighted by Crippen LogP contribution is -2.22. The van der Waals surface area contributed by atoms with E-state index in [1.807, 2.05) is 0 Å². The topological polar surface area (TPSA) is 62.2 Å². The largest absolute Gasteiger partial charge is 0.545 e. The lowest BCUT2D eigenvalue weighted by molar-refractivity contribution is -0.255. The molecule has 1 aromatic carbocycles. The van der Waals surface area contributed by atoms with Gasteiger partial charge in [-0.05, 0) is 12.1 Å². The van der Waals surface area contributed by atoms with Gasteiger partial charge in [-0.2, -0.15) is 8.78 Å².